The van der Waals surface area contributed by atoms with Gasteiger partial charge in [0.2, 0.25) is 5.82 Å². The zero-order valence-corrected chi connectivity index (χ0v) is 13.6. The molecule has 0 radical (unpaired) electrons. The quantitative estimate of drug-likeness (QED) is 0.830. The number of fused-ring (bicyclic) bond motifs is 2. The number of benzene rings is 1. The van der Waals surface area contributed by atoms with Crippen LogP contribution in [0.1, 0.15) is 36.2 Å². The second-order valence-electron chi connectivity index (χ2n) is 6.65. The summed E-state index contributed by atoms with van der Waals surface area (Å²) in [7, 11) is 0. The molecule has 3 heterocycles. The molecule has 1 aromatic heterocycles. The maximum absolute atomic E-state index is 12.6. The highest BCUT2D eigenvalue weighted by Crippen LogP contribution is 2.39. The molecule has 130 valence electrons. The molecule has 1 aromatic carbocycles. The number of aromatic nitrogens is 2. The van der Waals surface area contributed by atoms with Gasteiger partial charge in [-0.3, -0.25) is 4.90 Å². The van der Waals surface area contributed by atoms with Gasteiger partial charge in [0.25, 0.3) is 0 Å². The van der Waals surface area contributed by atoms with Gasteiger partial charge in [-0.25, -0.2) is 9.97 Å². The van der Waals surface area contributed by atoms with Crippen molar-refractivity contribution < 1.29 is 13.2 Å². The van der Waals surface area contributed by atoms with Crippen molar-refractivity contribution >= 4 is 5.57 Å². The van der Waals surface area contributed by atoms with Gasteiger partial charge in [0.15, 0.2) is 0 Å². The van der Waals surface area contributed by atoms with Crippen LogP contribution >= 0.6 is 0 Å². The van der Waals surface area contributed by atoms with Crippen LogP contribution in [0.15, 0.2) is 48.8 Å². The standard InChI is InChI=1S/C19H18F3N3/c20-19(21,22)18-23-10-15(11-24-18)14-8-16-6-7-17(9-14)25(16)12-13-4-2-1-3-5-13/h1-5,8,10-11,16-17H,6-7,9,12H2. The average Bonchev–Trinajstić information content (AvgIpc) is 2.83. The summed E-state index contributed by atoms with van der Waals surface area (Å²) in [5, 5.41) is 0. The van der Waals surface area contributed by atoms with Crippen LogP contribution < -0.4 is 0 Å². The van der Waals surface area contributed by atoms with Crippen LogP contribution in [0.5, 0.6) is 0 Å². The van der Waals surface area contributed by atoms with E-state index < -0.39 is 12.0 Å². The first-order valence-electron chi connectivity index (χ1n) is 8.41. The lowest BCUT2D eigenvalue weighted by molar-refractivity contribution is -0.145. The topological polar surface area (TPSA) is 29.0 Å². The smallest absolute Gasteiger partial charge is 0.289 e. The van der Waals surface area contributed by atoms with Crippen LogP contribution in [0.2, 0.25) is 0 Å². The predicted octanol–water partition coefficient (Wildman–Crippen LogP) is 4.32. The molecule has 3 nitrogen and oxygen atoms in total. The minimum atomic E-state index is -4.50. The SMILES string of the molecule is FC(F)(F)c1ncc(C2=CC3CCC(C2)N3Cc2ccccc2)cn1. The summed E-state index contributed by atoms with van der Waals surface area (Å²) < 4.78 is 37.8. The monoisotopic (exact) mass is 345 g/mol. The zero-order valence-electron chi connectivity index (χ0n) is 13.6. The second kappa shape index (κ2) is 6.26. The third-order valence-corrected chi connectivity index (χ3v) is 5.02. The molecule has 0 aliphatic carbocycles. The van der Waals surface area contributed by atoms with Gasteiger partial charge in [0.1, 0.15) is 0 Å². The fourth-order valence-electron chi connectivity index (χ4n) is 3.81. The van der Waals surface area contributed by atoms with E-state index in [2.05, 4.69) is 33.1 Å². The van der Waals surface area contributed by atoms with Crippen LogP contribution in [0.4, 0.5) is 13.2 Å². The summed E-state index contributed by atoms with van der Waals surface area (Å²) in [4.78, 5) is 9.47. The molecule has 0 saturated carbocycles. The van der Waals surface area contributed by atoms with E-state index in [0.29, 0.717) is 17.6 Å². The first-order valence-corrected chi connectivity index (χ1v) is 8.41. The lowest BCUT2D eigenvalue weighted by Gasteiger charge is -2.34. The van der Waals surface area contributed by atoms with Gasteiger partial charge in [-0.15, -0.1) is 0 Å². The van der Waals surface area contributed by atoms with Gasteiger partial charge in [-0.2, -0.15) is 13.2 Å². The van der Waals surface area contributed by atoms with E-state index in [0.717, 1.165) is 31.4 Å². The molecule has 2 aliphatic rings. The van der Waals surface area contributed by atoms with Crippen molar-refractivity contribution in [1.82, 2.24) is 14.9 Å². The van der Waals surface area contributed by atoms with Crippen molar-refractivity contribution in [2.24, 2.45) is 0 Å². The van der Waals surface area contributed by atoms with Gasteiger partial charge in [0, 0.05) is 36.6 Å². The van der Waals surface area contributed by atoms with E-state index in [1.165, 1.54) is 18.0 Å². The van der Waals surface area contributed by atoms with Crippen molar-refractivity contribution in [1.29, 1.82) is 0 Å². The van der Waals surface area contributed by atoms with E-state index in [1.807, 2.05) is 18.2 Å². The van der Waals surface area contributed by atoms with E-state index in [-0.39, 0.29) is 0 Å². The van der Waals surface area contributed by atoms with Crippen LogP contribution in [0.3, 0.4) is 0 Å². The Balaban J connectivity index is 1.53. The molecule has 0 amide bonds. The van der Waals surface area contributed by atoms with Crippen LogP contribution in [-0.2, 0) is 12.7 Å². The molecule has 4 rings (SSSR count). The Morgan fingerprint density at radius 1 is 1.04 bits per heavy atom. The minimum absolute atomic E-state index is 0.330. The summed E-state index contributed by atoms with van der Waals surface area (Å²) in [6.45, 7) is 0.906. The zero-order chi connectivity index (χ0) is 17.4. The Bertz CT molecular complexity index is 769. The summed E-state index contributed by atoms with van der Waals surface area (Å²) >= 11 is 0. The Morgan fingerprint density at radius 3 is 2.40 bits per heavy atom. The molecule has 2 unspecified atom stereocenters. The fraction of sp³-hybridized carbons (Fsp3) is 0.368. The Hall–Kier alpha value is -2.21. The van der Waals surface area contributed by atoms with E-state index >= 15 is 0 Å². The summed E-state index contributed by atoms with van der Waals surface area (Å²) in [5.41, 5.74) is 3.05. The minimum Gasteiger partial charge on any atom is -0.289 e. The molecular weight excluding hydrogens is 327 g/mol. The van der Waals surface area contributed by atoms with Gasteiger partial charge >= 0.3 is 6.18 Å². The summed E-state index contributed by atoms with van der Waals surface area (Å²) in [5.74, 6) is -1.08. The van der Waals surface area contributed by atoms with Crippen LogP contribution in [-0.4, -0.2) is 27.0 Å². The third-order valence-electron chi connectivity index (χ3n) is 5.02. The van der Waals surface area contributed by atoms with Crippen LogP contribution in [0.25, 0.3) is 5.57 Å². The van der Waals surface area contributed by atoms with E-state index in [9.17, 15) is 13.2 Å². The normalized spacial score (nSPS) is 23.6. The highest BCUT2D eigenvalue weighted by molar-refractivity contribution is 5.67. The highest BCUT2D eigenvalue weighted by atomic mass is 19.4. The van der Waals surface area contributed by atoms with Gasteiger partial charge in [0.05, 0.1) is 0 Å². The number of rotatable bonds is 3. The first-order chi connectivity index (χ1) is 12.0. The number of halogens is 3. The second-order valence-corrected chi connectivity index (χ2v) is 6.65. The lowest BCUT2D eigenvalue weighted by Crippen LogP contribution is -2.37. The number of nitrogens with zero attached hydrogens (tertiary/aromatic N) is 3. The van der Waals surface area contributed by atoms with Crippen molar-refractivity contribution in [2.75, 3.05) is 0 Å². The highest BCUT2D eigenvalue weighted by Gasteiger charge is 2.37. The summed E-state index contributed by atoms with van der Waals surface area (Å²) in [6, 6.07) is 11.1. The molecule has 2 atom stereocenters. The predicted molar refractivity (Wildman–Crippen MR) is 88.4 cm³/mol. The maximum Gasteiger partial charge on any atom is 0.451 e. The van der Waals surface area contributed by atoms with Crippen molar-refractivity contribution in [3.05, 3.63) is 65.8 Å². The number of alkyl halides is 3. The number of hydrogen-bond donors (Lipinski definition) is 0. The number of hydrogen-bond acceptors (Lipinski definition) is 3. The Kier molecular flexibility index (Phi) is 4.07. The summed E-state index contributed by atoms with van der Waals surface area (Å²) in [6.07, 6.45) is 3.31. The van der Waals surface area contributed by atoms with E-state index in [4.69, 9.17) is 0 Å². The van der Waals surface area contributed by atoms with Crippen molar-refractivity contribution in [2.45, 2.75) is 44.1 Å². The van der Waals surface area contributed by atoms with Crippen molar-refractivity contribution in [3.63, 3.8) is 0 Å². The molecule has 6 heteroatoms. The molecule has 1 saturated heterocycles. The van der Waals surface area contributed by atoms with Gasteiger partial charge in [-0.1, -0.05) is 36.4 Å². The van der Waals surface area contributed by atoms with Gasteiger partial charge in [-0.05, 0) is 30.4 Å². The molecular formula is C19H18F3N3. The molecule has 2 bridgehead atoms. The molecule has 2 aliphatic heterocycles. The Morgan fingerprint density at radius 2 is 1.76 bits per heavy atom. The third kappa shape index (κ3) is 3.31. The average molecular weight is 345 g/mol. The fourth-order valence-corrected chi connectivity index (χ4v) is 3.81. The van der Waals surface area contributed by atoms with Crippen molar-refractivity contribution in [3.8, 4) is 0 Å². The maximum atomic E-state index is 12.6. The molecule has 2 aromatic rings. The van der Waals surface area contributed by atoms with Crippen LogP contribution in [0, 0.1) is 0 Å². The molecule has 25 heavy (non-hydrogen) atoms. The van der Waals surface area contributed by atoms with E-state index in [1.54, 1.807) is 0 Å². The molecule has 1 fully saturated rings. The van der Waals surface area contributed by atoms with Gasteiger partial charge < -0.3 is 0 Å². The Labute approximate surface area is 144 Å². The largest absolute Gasteiger partial charge is 0.451 e. The molecule has 0 N–H and O–H groups in total. The lowest BCUT2D eigenvalue weighted by atomic mass is 9.96. The first kappa shape index (κ1) is 16.3. The molecule has 0 spiro atoms.